The lowest BCUT2D eigenvalue weighted by Gasteiger charge is -2.18. The first kappa shape index (κ1) is 14.7. The molecule has 1 N–H and O–H groups in total. The minimum absolute atomic E-state index is 0.255. The lowest BCUT2D eigenvalue weighted by molar-refractivity contribution is -0.119. The quantitative estimate of drug-likeness (QED) is 0.892. The van der Waals surface area contributed by atoms with Gasteiger partial charge in [0.1, 0.15) is 0 Å². The molecule has 1 aliphatic heterocycles. The van der Waals surface area contributed by atoms with Gasteiger partial charge in [-0.2, -0.15) is 5.10 Å². The van der Waals surface area contributed by atoms with Crippen LogP contribution in [0.2, 0.25) is 0 Å². The second-order valence-electron chi connectivity index (χ2n) is 5.06. The van der Waals surface area contributed by atoms with E-state index in [1.54, 1.807) is 4.68 Å². The molecule has 1 aromatic rings. The number of aromatic nitrogens is 2. The molecule has 19 heavy (non-hydrogen) atoms. The first-order valence-corrected chi connectivity index (χ1v) is 7.50. The normalized spacial score (nSPS) is 17.4. The zero-order chi connectivity index (χ0) is 13.8. The van der Waals surface area contributed by atoms with E-state index in [2.05, 4.69) is 31.2 Å². The van der Waals surface area contributed by atoms with E-state index in [9.17, 15) is 4.79 Å². The molecule has 1 aliphatic rings. The highest BCUT2D eigenvalue weighted by Crippen LogP contribution is 2.20. The van der Waals surface area contributed by atoms with Gasteiger partial charge in [-0.15, -0.1) is 0 Å². The summed E-state index contributed by atoms with van der Waals surface area (Å²) in [5.41, 5.74) is 1.90. The predicted molar refractivity (Wildman–Crippen MR) is 78.3 cm³/mol. The molecule has 0 saturated carbocycles. The van der Waals surface area contributed by atoms with Gasteiger partial charge in [-0.25, -0.2) is 0 Å². The summed E-state index contributed by atoms with van der Waals surface area (Å²) >= 11 is 3.51. The maximum absolute atomic E-state index is 12.2. The van der Waals surface area contributed by atoms with Crippen LogP contribution in [-0.2, 0) is 18.3 Å². The molecule has 0 unspecified atom stereocenters. The second-order valence-corrected chi connectivity index (χ2v) is 5.86. The Kier molecular flexibility index (Phi) is 5.13. The number of ketones is 1. The van der Waals surface area contributed by atoms with Gasteiger partial charge in [0.15, 0.2) is 5.78 Å². The minimum atomic E-state index is 0.255. The second kappa shape index (κ2) is 6.63. The molecular weight excluding hydrogens is 308 g/mol. The van der Waals surface area contributed by atoms with Crippen LogP contribution in [0.1, 0.15) is 17.8 Å². The Balaban J connectivity index is 1.93. The Morgan fingerprint density at radius 2 is 2.21 bits per heavy atom. The Hall–Kier alpha value is -0.720. The molecule has 1 fully saturated rings. The third kappa shape index (κ3) is 3.87. The SMILES string of the molecule is Cc1nn(C)c(CC(=O)CN2CCCNCC2)c1Br. The van der Waals surface area contributed by atoms with E-state index in [4.69, 9.17) is 0 Å². The van der Waals surface area contributed by atoms with Crippen molar-refractivity contribution in [3.05, 3.63) is 15.9 Å². The number of hydrogen-bond donors (Lipinski definition) is 1. The van der Waals surface area contributed by atoms with Crippen molar-refractivity contribution in [1.29, 1.82) is 0 Å². The fraction of sp³-hybridized carbons (Fsp3) is 0.692. The summed E-state index contributed by atoms with van der Waals surface area (Å²) in [6.45, 7) is 6.47. The number of nitrogens with zero attached hydrogens (tertiary/aromatic N) is 3. The van der Waals surface area contributed by atoms with E-state index in [1.165, 1.54) is 0 Å². The van der Waals surface area contributed by atoms with Crippen LogP contribution in [0.5, 0.6) is 0 Å². The number of carbonyl (C=O) groups excluding carboxylic acids is 1. The monoisotopic (exact) mass is 328 g/mol. The van der Waals surface area contributed by atoms with Gasteiger partial charge >= 0.3 is 0 Å². The Morgan fingerprint density at radius 3 is 2.89 bits per heavy atom. The van der Waals surface area contributed by atoms with Crippen LogP contribution >= 0.6 is 15.9 Å². The molecule has 0 aliphatic carbocycles. The fourth-order valence-corrected chi connectivity index (χ4v) is 2.90. The lowest BCUT2D eigenvalue weighted by atomic mass is 10.2. The Labute approximate surface area is 122 Å². The summed E-state index contributed by atoms with van der Waals surface area (Å²) in [7, 11) is 1.89. The highest BCUT2D eigenvalue weighted by molar-refractivity contribution is 9.10. The molecule has 2 rings (SSSR count). The van der Waals surface area contributed by atoms with Crippen molar-refractivity contribution in [3.8, 4) is 0 Å². The standard InChI is InChI=1S/C13H21BrN4O/c1-10-13(14)12(17(2)16-10)8-11(19)9-18-6-3-4-15-5-7-18/h15H,3-9H2,1-2H3. The molecule has 2 heterocycles. The molecule has 106 valence electrons. The van der Waals surface area contributed by atoms with Gasteiger partial charge in [0, 0.05) is 20.1 Å². The first-order valence-electron chi connectivity index (χ1n) is 6.70. The van der Waals surface area contributed by atoms with E-state index in [0.717, 1.165) is 48.5 Å². The largest absolute Gasteiger partial charge is 0.315 e. The van der Waals surface area contributed by atoms with Crippen molar-refractivity contribution in [1.82, 2.24) is 20.0 Å². The highest BCUT2D eigenvalue weighted by Gasteiger charge is 2.17. The van der Waals surface area contributed by atoms with E-state index < -0.39 is 0 Å². The number of aryl methyl sites for hydroxylation is 2. The van der Waals surface area contributed by atoms with Crippen molar-refractivity contribution in [3.63, 3.8) is 0 Å². The summed E-state index contributed by atoms with van der Waals surface area (Å²) in [6, 6.07) is 0. The molecular formula is C13H21BrN4O. The average molecular weight is 329 g/mol. The smallest absolute Gasteiger partial charge is 0.152 e. The zero-order valence-corrected chi connectivity index (χ0v) is 13.2. The minimum Gasteiger partial charge on any atom is -0.315 e. The topological polar surface area (TPSA) is 50.2 Å². The first-order chi connectivity index (χ1) is 9.08. The molecule has 5 nitrogen and oxygen atoms in total. The van der Waals surface area contributed by atoms with Gasteiger partial charge in [0.2, 0.25) is 0 Å². The van der Waals surface area contributed by atoms with Crippen molar-refractivity contribution < 1.29 is 4.79 Å². The fourth-order valence-electron chi connectivity index (χ4n) is 2.42. The Morgan fingerprint density at radius 1 is 1.42 bits per heavy atom. The molecule has 0 bridgehead atoms. The van der Waals surface area contributed by atoms with Gasteiger partial charge < -0.3 is 5.32 Å². The van der Waals surface area contributed by atoms with Crippen molar-refractivity contribution in [2.45, 2.75) is 19.8 Å². The number of hydrogen-bond acceptors (Lipinski definition) is 4. The van der Waals surface area contributed by atoms with Crippen LogP contribution in [0.25, 0.3) is 0 Å². The van der Waals surface area contributed by atoms with Crippen LogP contribution in [0, 0.1) is 6.92 Å². The van der Waals surface area contributed by atoms with Crippen molar-refractivity contribution in [2.75, 3.05) is 32.7 Å². The number of halogens is 1. The van der Waals surface area contributed by atoms with Crippen molar-refractivity contribution >= 4 is 21.7 Å². The molecule has 0 aromatic carbocycles. The van der Waals surface area contributed by atoms with Crippen LogP contribution in [-0.4, -0.2) is 53.2 Å². The number of rotatable bonds is 4. The third-order valence-electron chi connectivity index (χ3n) is 3.46. The van der Waals surface area contributed by atoms with E-state index >= 15 is 0 Å². The predicted octanol–water partition coefficient (Wildman–Crippen LogP) is 0.898. The molecule has 1 aromatic heterocycles. The van der Waals surface area contributed by atoms with Gasteiger partial charge in [-0.1, -0.05) is 0 Å². The third-order valence-corrected chi connectivity index (χ3v) is 4.49. The summed E-state index contributed by atoms with van der Waals surface area (Å²) in [4.78, 5) is 14.4. The number of Topliss-reactive ketones (excluding diaryl/α,β-unsaturated/α-hetero) is 1. The van der Waals surface area contributed by atoms with E-state index in [1.807, 2.05) is 14.0 Å². The maximum atomic E-state index is 12.2. The number of carbonyl (C=O) groups is 1. The summed E-state index contributed by atoms with van der Waals surface area (Å²) in [5.74, 6) is 0.255. The van der Waals surface area contributed by atoms with E-state index in [0.29, 0.717) is 13.0 Å². The molecule has 0 spiro atoms. The highest BCUT2D eigenvalue weighted by atomic mass is 79.9. The summed E-state index contributed by atoms with van der Waals surface area (Å²) in [5, 5.41) is 7.67. The maximum Gasteiger partial charge on any atom is 0.152 e. The van der Waals surface area contributed by atoms with Crippen LogP contribution in [0.4, 0.5) is 0 Å². The summed E-state index contributed by atoms with van der Waals surface area (Å²) < 4.78 is 2.75. The number of nitrogens with one attached hydrogen (secondary N) is 1. The molecule has 0 atom stereocenters. The molecule has 0 radical (unpaired) electrons. The van der Waals surface area contributed by atoms with Crippen molar-refractivity contribution in [2.24, 2.45) is 7.05 Å². The van der Waals surface area contributed by atoms with Gasteiger partial charge in [-0.3, -0.25) is 14.4 Å². The van der Waals surface area contributed by atoms with Gasteiger partial charge in [0.25, 0.3) is 0 Å². The van der Waals surface area contributed by atoms with Crippen LogP contribution in [0.15, 0.2) is 4.47 Å². The lowest BCUT2D eigenvalue weighted by Crippen LogP contribution is -2.33. The zero-order valence-electron chi connectivity index (χ0n) is 11.6. The van der Waals surface area contributed by atoms with Crippen LogP contribution < -0.4 is 5.32 Å². The van der Waals surface area contributed by atoms with Gasteiger partial charge in [0.05, 0.1) is 28.8 Å². The van der Waals surface area contributed by atoms with Crippen LogP contribution in [0.3, 0.4) is 0 Å². The van der Waals surface area contributed by atoms with E-state index in [-0.39, 0.29) is 5.78 Å². The molecule has 6 heteroatoms. The molecule has 1 saturated heterocycles. The summed E-state index contributed by atoms with van der Waals surface area (Å²) in [6.07, 6.45) is 1.56. The van der Waals surface area contributed by atoms with Gasteiger partial charge in [-0.05, 0) is 42.4 Å². The average Bonchev–Trinajstić information content (AvgIpc) is 2.60. The molecule has 0 amide bonds. The Bertz CT molecular complexity index is 450.